The minimum Gasteiger partial charge on any atom is -0.550 e. The van der Waals surface area contributed by atoms with Crippen LogP contribution in [0, 0.1) is 0 Å². The van der Waals surface area contributed by atoms with E-state index in [1.165, 1.54) is 6.42 Å². The second kappa shape index (κ2) is 7.33. The van der Waals surface area contributed by atoms with E-state index in [4.69, 9.17) is 23.2 Å². The number of carbonyl (C=O) groups is 1. The Morgan fingerprint density at radius 1 is 1.26 bits per heavy atom. The average Bonchev–Trinajstić information content (AvgIpc) is 2.28. The fraction of sp³-hybridized carbons (Fsp3) is 0.500. The number of rotatable bonds is 3. The fourth-order valence-electron chi connectivity index (χ4n) is 2.58. The van der Waals surface area contributed by atoms with E-state index in [-0.39, 0.29) is 40.9 Å². The molecule has 0 spiro atoms. The number of alkyl halides is 1. The minimum absolute atomic E-state index is 0. The van der Waals surface area contributed by atoms with Crippen molar-refractivity contribution >= 4 is 29.2 Å². The normalized spacial score (nSPS) is 17.6. The van der Waals surface area contributed by atoms with Crippen LogP contribution in [0.25, 0.3) is 0 Å². The number of hydrogen-bond acceptors (Lipinski definition) is 2. The second-order valence-electron chi connectivity index (χ2n) is 4.89. The first kappa shape index (κ1) is 17.3. The van der Waals surface area contributed by atoms with Crippen LogP contribution in [0.3, 0.4) is 0 Å². The van der Waals surface area contributed by atoms with Crippen LogP contribution in [0.4, 0.5) is 0 Å². The van der Waals surface area contributed by atoms with Crippen LogP contribution in [0.1, 0.15) is 43.2 Å². The van der Waals surface area contributed by atoms with Crippen molar-refractivity contribution in [1.82, 2.24) is 0 Å². The van der Waals surface area contributed by atoms with Gasteiger partial charge in [-0.3, -0.25) is 0 Å². The van der Waals surface area contributed by atoms with E-state index in [9.17, 15) is 9.90 Å². The van der Waals surface area contributed by atoms with Crippen LogP contribution in [0.15, 0.2) is 18.2 Å². The van der Waals surface area contributed by atoms with Gasteiger partial charge in [0.2, 0.25) is 0 Å². The van der Waals surface area contributed by atoms with E-state index in [1.807, 2.05) is 6.07 Å². The third-order valence-corrected chi connectivity index (χ3v) is 4.41. The summed E-state index contributed by atoms with van der Waals surface area (Å²) in [5, 5.41) is 11.1. The number of carboxylic acids is 1. The van der Waals surface area contributed by atoms with E-state index in [2.05, 4.69) is 0 Å². The Labute approximate surface area is 145 Å². The molecule has 0 aromatic heterocycles. The third-order valence-electron chi connectivity index (χ3n) is 3.51. The monoisotopic (exact) mass is 308 g/mol. The van der Waals surface area contributed by atoms with Gasteiger partial charge in [0.15, 0.2) is 0 Å². The van der Waals surface area contributed by atoms with E-state index >= 15 is 0 Å². The van der Waals surface area contributed by atoms with Crippen LogP contribution in [0.2, 0.25) is 5.02 Å². The van der Waals surface area contributed by atoms with Crippen LogP contribution < -0.4 is 34.7 Å². The molecular weight excluding hydrogens is 294 g/mol. The van der Waals surface area contributed by atoms with Gasteiger partial charge < -0.3 is 9.90 Å². The summed E-state index contributed by atoms with van der Waals surface area (Å²) in [6.07, 6.45) is 5.17. The van der Waals surface area contributed by atoms with Crippen molar-refractivity contribution in [3.63, 3.8) is 0 Å². The second-order valence-corrected chi connectivity index (χ2v) is 6.02. The zero-order valence-corrected chi connectivity index (χ0v) is 14.6. The molecule has 19 heavy (non-hydrogen) atoms. The standard InChI is InChI=1S/C14H16Cl2O2.Na/c15-12-8-10(9-13(17)18)4-5-11(12)14(16)6-2-1-3-7-14;/h4-5,8H,1-3,6-7,9H2,(H,17,18);/q;+1/p-1. The summed E-state index contributed by atoms with van der Waals surface area (Å²) >= 11 is 12.9. The Kier molecular flexibility index (Phi) is 6.68. The molecule has 1 aromatic rings. The summed E-state index contributed by atoms with van der Waals surface area (Å²) in [6.45, 7) is 0. The van der Waals surface area contributed by atoms with Crippen molar-refractivity contribution in [2.75, 3.05) is 0 Å². The van der Waals surface area contributed by atoms with Gasteiger partial charge in [0.25, 0.3) is 0 Å². The molecule has 0 atom stereocenters. The first-order chi connectivity index (χ1) is 8.51. The molecule has 5 heteroatoms. The summed E-state index contributed by atoms with van der Waals surface area (Å²) in [5.74, 6) is -1.10. The molecule has 1 aromatic carbocycles. The third kappa shape index (κ3) is 4.37. The minimum atomic E-state index is -1.10. The van der Waals surface area contributed by atoms with Crippen molar-refractivity contribution < 1.29 is 39.5 Å². The van der Waals surface area contributed by atoms with Gasteiger partial charge in [-0.25, -0.2) is 0 Å². The Bertz CT molecular complexity index is 457. The first-order valence-corrected chi connectivity index (χ1v) is 6.94. The Balaban J connectivity index is 0.00000180. The van der Waals surface area contributed by atoms with Gasteiger partial charge in [-0.1, -0.05) is 43.0 Å². The van der Waals surface area contributed by atoms with Crippen molar-refractivity contribution in [2.24, 2.45) is 0 Å². The molecule has 0 unspecified atom stereocenters. The molecule has 1 aliphatic carbocycles. The van der Waals surface area contributed by atoms with Crippen LogP contribution in [-0.2, 0) is 16.1 Å². The molecule has 1 fully saturated rings. The smallest absolute Gasteiger partial charge is 0.550 e. The van der Waals surface area contributed by atoms with Crippen molar-refractivity contribution in [2.45, 2.75) is 43.4 Å². The Morgan fingerprint density at radius 2 is 1.89 bits per heavy atom. The molecule has 2 nitrogen and oxygen atoms in total. The zero-order valence-electron chi connectivity index (χ0n) is 11.0. The van der Waals surface area contributed by atoms with Crippen LogP contribution >= 0.6 is 23.2 Å². The molecule has 1 saturated carbocycles. The van der Waals surface area contributed by atoms with E-state index < -0.39 is 5.97 Å². The Morgan fingerprint density at radius 3 is 2.42 bits per heavy atom. The van der Waals surface area contributed by atoms with Crippen molar-refractivity contribution in [3.8, 4) is 0 Å². The first-order valence-electron chi connectivity index (χ1n) is 6.19. The maximum absolute atomic E-state index is 10.5. The van der Waals surface area contributed by atoms with E-state index in [0.717, 1.165) is 31.2 Å². The molecule has 0 bridgehead atoms. The van der Waals surface area contributed by atoms with E-state index in [1.54, 1.807) is 12.1 Å². The Hall–Kier alpha value is 0.270. The average molecular weight is 309 g/mol. The topological polar surface area (TPSA) is 40.1 Å². The van der Waals surface area contributed by atoms with Gasteiger partial charge in [0, 0.05) is 17.4 Å². The predicted octanol–water partition coefficient (Wildman–Crippen LogP) is 0.0346. The van der Waals surface area contributed by atoms with Crippen molar-refractivity contribution in [1.29, 1.82) is 0 Å². The van der Waals surface area contributed by atoms with Crippen molar-refractivity contribution in [3.05, 3.63) is 34.3 Å². The van der Waals surface area contributed by atoms with Gasteiger partial charge in [0.1, 0.15) is 0 Å². The number of hydrogen-bond donors (Lipinski definition) is 0. The molecule has 0 N–H and O–H groups in total. The maximum atomic E-state index is 10.5. The summed E-state index contributed by atoms with van der Waals surface area (Å²) < 4.78 is 0. The molecule has 0 heterocycles. The van der Waals surface area contributed by atoms with Crippen LogP contribution in [-0.4, -0.2) is 5.97 Å². The molecule has 2 rings (SSSR count). The molecule has 1 aliphatic rings. The predicted molar refractivity (Wildman–Crippen MR) is 70.8 cm³/mol. The molecule has 0 saturated heterocycles. The molecular formula is C14H15Cl2NaO2. The number of benzene rings is 1. The van der Waals surface area contributed by atoms with E-state index in [0.29, 0.717) is 10.6 Å². The largest absolute Gasteiger partial charge is 1.00 e. The number of aliphatic carboxylic acids is 1. The molecule has 0 aliphatic heterocycles. The summed E-state index contributed by atoms with van der Waals surface area (Å²) in [4.78, 5) is 10.2. The summed E-state index contributed by atoms with van der Waals surface area (Å²) in [6, 6.07) is 5.32. The van der Waals surface area contributed by atoms with Gasteiger partial charge in [0.05, 0.1) is 4.87 Å². The summed E-state index contributed by atoms with van der Waals surface area (Å²) in [5.41, 5.74) is 1.58. The van der Waals surface area contributed by atoms with Gasteiger partial charge in [-0.2, -0.15) is 0 Å². The summed E-state index contributed by atoms with van der Waals surface area (Å²) in [7, 11) is 0. The van der Waals surface area contributed by atoms with Gasteiger partial charge >= 0.3 is 29.6 Å². The quantitative estimate of drug-likeness (QED) is 0.584. The van der Waals surface area contributed by atoms with Gasteiger partial charge in [-0.05, 0) is 30.0 Å². The SMILES string of the molecule is O=C([O-])Cc1ccc(C2(Cl)CCCCC2)c(Cl)c1.[Na+]. The van der Waals surface area contributed by atoms with Gasteiger partial charge in [-0.15, -0.1) is 11.6 Å². The number of carboxylic acid groups (broad SMARTS) is 1. The zero-order chi connectivity index (χ0) is 13.2. The molecule has 0 amide bonds. The van der Waals surface area contributed by atoms with Crippen LogP contribution in [0.5, 0.6) is 0 Å². The number of halogens is 2. The fourth-order valence-corrected chi connectivity index (χ4v) is 3.44. The maximum Gasteiger partial charge on any atom is 1.00 e. The molecule has 98 valence electrons. The molecule has 0 radical (unpaired) electrons. The number of carbonyl (C=O) groups excluding carboxylic acids is 1.